The molecule has 0 radical (unpaired) electrons. The minimum Gasteiger partial charge on any atom is -0.462 e. The topological polar surface area (TPSA) is 105 Å². The molecule has 0 fully saturated rings. The molecule has 9 heteroatoms. The number of aryl methyl sites for hydroxylation is 1. The normalized spacial score (nSPS) is 13.1. The molecule has 2 N–H and O–H groups in total. The molecule has 0 atom stereocenters. The molecule has 0 unspecified atom stereocenters. The molecule has 182 valence electrons. The number of rotatable bonds is 7. The minimum absolute atomic E-state index is 0.111. The van der Waals surface area contributed by atoms with E-state index in [0.717, 1.165) is 10.5 Å². The fraction of sp³-hybridized carbons (Fsp3) is 0.111. The highest BCUT2D eigenvalue weighted by Gasteiger charge is 2.39. The average molecular weight is 504 g/mol. The van der Waals surface area contributed by atoms with Gasteiger partial charge >= 0.3 is 5.97 Å². The molecular weight excluding hydrogens is 482 g/mol. The number of carbonyl (C=O) groups excluding carboxylic acids is 4. The number of para-hydroxylation sites is 1. The van der Waals surface area contributed by atoms with E-state index in [0.29, 0.717) is 16.9 Å². The molecule has 0 aromatic heterocycles. The largest absolute Gasteiger partial charge is 0.462 e. The second-order valence-corrected chi connectivity index (χ2v) is 8.25. The van der Waals surface area contributed by atoms with E-state index in [1.54, 1.807) is 37.3 Å². The summed E-state index contributed by atoms with van der Waals surface area (Å²) in [6.07, 6.45) is 0. The standard InChI is InChI=1S/C27H22ClN3O5/c1-3-36-27(35)18-8-6-9-20(15-18)31-25(33)22(28)23(26(31)34)29-19-13-11-17(12-14-19)24(32)30-21-10-5-4-7-16(21)2/h4-15,29H,3H2,1-2H3,(H,30,32). The fourth-order valence-electron chi connectivity index (χ4n) is 3.59. The van der Waals surface area contributed by atoms with E-state index in [1.165, 1.54) is 18.2 Å². The van der Waals surface area contributed by atoms with Crippen LogP contribution in [0.3, 0.4) is 0 Å². The third-order valence-corrected chi connectivity index (χ3v) is 5.80. The van der Waals surface area contributed by atoms with Crippen LogP contribution in [0.1, 0.15) is 33.2 Å². The Bertz CT molecular complexity index is 1400. The van der Waals surface area contributed by atoms with Gasteiger partial charge in [0.05, 0.1) is 17.9 Å². The maximum Gasteiger partial charge on any atom is 0.338 e. The Morgan fingerprint density at radius 2 is 1.64 bits per heavy atom. The van der Waals surface area contributed by atoms with E-state index in [4.69, 9.17) is 16.3 Å². The van der Waals surface area contributed by atoms with Crippen molar-refractivity contribution >= 4 is 52.4 Å². The van der Waals surface area contributed by atoms with Crippen LogP contribution in [-0.4, -0.2) is 30.3 Å². The van der Waals surface area contributed by atoms with Crippen molar-refractivity contribution in [3.8, 4) is 0 Å². The van der Waals surface area contributed by atoms with Gasteiger partial charge in [-0.2, -0.15) is 0 Å². The van der Waals surface area contributed by atoms with Crippen LogP contribution < -0.4 is 15.5 Å². The first kappa shape index (κ1) is 24.7. The van der Waals surface area contributed by atoms with Gasteiger partial charge in [-0.25, -0.2) is 9.69 Å². The summed E-state index contributed by atoms with van der Waals surface area (Å²) in [4.78, 5) is 51.4. The Morgan fingerprint density at radius 1 is 0.917 bits per heavy atom. The number of benzene rings is 3. The van der Waals surface area contributed by atoms with E-state index >= 15 is 0 Å². The zero-order chi connectivity index (χ0) is 25.8. The van der Waals surface area contributed by atoms with Crippen molar-refractivity contribution < 1.29 is 23.9 Å². The number of hydrogen-bond donors (Lipinski definition) is 2. The van der Waals surface area contributed by atoms with E-state index in [2.05, 4.69) is 10.6 Å². The van der Waals surface area contributed by atoms with Crippen molar-refractivity contribution in [1.82, 2.24) is 0 Å². The Labute approximate surface area is 212 Å². The summed E-state index contributed by atoms with van der Waals surface area (Å²) in [6, 6.07) is 19.8. The first-order valence-corrected chi connectivity index (χ1v) is 11.5. The van der Waals surface area contributed by atoms with Crippen LogP contribution in [0.15, 0.2) is 83.5 Å². The van der Waals surface area contributed by atoms with Crippen molar-refractivity contribution in [3.05, 3.63) is 100 Å². The zero-order valence-electron chi connectivity index (χ0n) is 19.5. The van der Waals surface area contributed by atoms with E-state index in [-0.39, 0.29) is 34.5 Å². The van der Waals surface area contributed by atoms with Crippen molar-refractivity contribution in [3.63, 3.8) is 0 Å². The quantitative estimate of drug-likeness (QED) is 0.352. The molecule has 0 aliphatic carbocycles. The Hall–Kier alpha value is -4.43. The lowest BCUT2D eigenvalue weighted by atomic mass is 10.1. The van der Waals surface area contributed by atoms with Gasteiger partial charge in [0.15, 0.2) is 0 Å². The first-order chi connectivity index (χ1) is 17.3. The highest BCUT2D eigenvalue weighted by Crippen LogP contribution is 2.31. The van der Waals surface area contributed by atoms with Crippen LogP contribution in [0.5, 0.6) is 0 Å². The van der Waals surface area contributed by atoms with Gasteiger partial charge in [-0.15, -0.1) is 0 Å². The number of imide groups is 1. The number of carbonyl (C=O) groups is 4. The number of nitrogens with one attached hydrogen (secondary N) is 2. The molecule has 0 spiro atoms. The molecule has 3 aromatic carbocycles. The predicted octanol–water partition coefficient (Wildman–Crippen LogP) is 4.86. The molecule has 4 rings (SSSR count). The Balaban J connectivity index is 1.49. The highest BCUT2D eigenvalue weighted by molar-refractivity contribution is 6.53. The third kappa shape index (κ3) is 4.99. The molecule has 3 aromatic rings. The second kappa shape index (κ2) is 10.5. The molecule has 0 bridgehead atoms. The van der Waals surface area contributed by atoms with Gasteiger partial charge in [-0.05, 0) is 67.9 Å². The van der Waals surface area contributed by atoms with Crippen molar-refractivity contribution in [2.75, 3.05) is 22.1 Å². The SMILES string of the molecule is CCOC(=O)c1cccc(N2C(=O)C(Cl)=C(Nc3ccc(C(=O)Nc4ccccc4C)cc3)C2=O)c1. The number of nitrogens with zero attached hydrogens (tertiary/aromatic N) is 1. The summed E-state index contributed by atoms with van der Waals surface area (Å²) < 4.78 is 4.98. The highest BCUT2D eigenvalue weighted by atomic mass is 35.5. The average Bonchev–Trinajstić information content (AvgIpc) is 3.09. The zero-order valence-corrected chi connectivity index (χ0v) is 20.3. The third-order valence-electron chi connectivity index (χ3n) is 5.45. The van der Waals surface area contributed by atoms with Gasteiger partial charge in [-0.3, -0.25) is 14.4 Å². The lowest BCUT2D eigenvalue weighted by Gasteiger charge is -2.16. The van der Waals surface area contributed by atoms with Crippen molar-refractivity contribution in [2.24, 2.45) is 0 Å². The monoisotopic (exact) mass is 503 g/mol. The van der Waals surface area contributed by atoms with Gasteiger partial charge < -0.3 is 15.4 Å². The lowest BCUT2D eigenvalue weighted by Crippen LogP contribution is -2.32. The van der Waals surface area contributed by atoms with E-state index in [1.807, 2.05) is 31.2 Å². The van der Waals surface area contributed by atoms with Crippen LogP contribution in [0.25, 0.3) is 0 Å². The molecule has 1 heterocycles. The van der Waals surface area contributed by atoms with Gasteiger partial charge in [0.2, 0.25) is 0 Å². The number of halogens is 1. The van der Waals surface area contributed by atoms with Gasteiger partial charge in [0.25, 0.3) is 17.7 Å². The first-order valence-electron chi connectivity index (χ1n) is 11.1. The maximum absolute atomic E-state index is 13.1. The molecule has 0 saturated heterocycles. The molecule has 8 nitrogen and oxygen atoms in total. The van der Waals surface area contributed by atoms with Crippen molar-refractivity contribution in [1.29, 1.82) is 0 Å². The molecule has 1 aliphatic rings. The molecule has 36 heavy (non-hydrogen) atoms. The number of hydrogen-bond acceptors (Lipinski definition) is 6. The number of amides is 3. The van der Waals surface area contributed by atoms with Gasteiger partial charge in [-0.1, -0.05) is 35.9 Å². The van der Waals surface area contributed by atoms with E-state index < -0.39 is 17.8 Å². The minimum atomic E-state index is -0.723. The Kier molecular flexibility index (Phi) is 7.17. The molecular formula is C27H22ClN3O5. The number of anilines is 3. The van der Waals surface area contributed by atoms with Crippen LogP contribution >= 0.6 is 11.6 Å². The summed E-state index contributed by atoms with van der Waals surface area (Å²) >= 11 is 6.21. The molecule has 3 amide bonds. The van der Waals surface area contributed by atoms with Crippen LogP contribution in [0.2, 0.25) is 0 Å². The second-order valence-electron chi connectivity index (χ2n) is 7.88. The maximum atomic E-state index is 13.1. The number of esters is 1. The van der Waals surface area contributed by atoms with Crippen LogP contribution in [-0.2, 0) is 14.3 Å². The molecule has 0 saturated carbocycles. The van der Waals surface area contributed by atoms with Crippen LogP contribution in [0.4, 0.5) is 17.1 Å². The number of ether oxygens (including phenoxy) is 1. The summed E-state index contributed by atoms with van der Waals surface area (Å²) in [7, 11) is 0. The van der Waals surface area contributed by atoms with E-state index in [9.17, 15) is 19.2 Å². The smallest absolute Gasteiger partial charge is 0.338 e. The summed E-state index contributed by atoms with van der Waals surface area (Å²) in [5.41, 5.74) is 2.80. The summed E-state index contributed by atoms with van der Waals surface area (Å²) in [5, 5.41) is 5.43. The summed E-state index contributed by atoms with van der Waals surface area (Å²) in [5.74, 6) is -2.25. The lowest BCUT2D eigenvalue weighted by molar-refractivity contribution is -0.120. The molecule has 1 aliphatic heterocycles. The Morgan fingerprint density at radius 3 is 2.33 bits per heavy atom. The van der Waals surface area contributed by atoms with Gasteiger partial charge in [0.1, 0.15) is 10.7 Å². The predicted molar refractivity (Wildman–Crippen MR) is 137 cm³/mol. The van der Waals surface area contributed by atoms with Crippen LogP contribution in [0, 0.1) is 6.92 Å². The fourth-order valence-corrected chi connectivity index (χ4v) is 3.80. The summed E-state index contributed by atoms with van der Waals surface area (Å²) in [6.45, 7) is 3.77. The van der Waals surface area contributed by atoms with Crippen molar-refractivity contribution in [2.45, 2.75) is 13.8 Å². The van der Waals surface area contributed by atoms with Gasteiger partial charge in [0, 0.05) is 16.9 Å².